The predicted molar refractivity (Wildman–Crippen MR) is 128 cm³/mol. The number of sulfonamides is 1. The molecule has 0 unspecified atom stereocenters. The summed E-state index contributed by atoms with van der Waals surface area (Å²) in [6.07, 6.45) is 2.14. The first-order valence-electron chi connectivity index (χ1n) is 10.9. The van der Waals surface area contributed by atoms with E-state index in [2.05, 4.69) is 16.9 Å². The molecule has 3 N–H and O–H groups in total. The maximum absolute atomic E-state index is 13.9. The Kier molecular flexibility index (Phi) is 6.22. The summed E-state index contributed by atoms with van der Waals surface area (Å²) < 4.78 is 55.4. The second-order valence-electron chi connectivity index (χ2n) is 9.28. The predicted octanol–water partition coefficient (Wildman–Crippen LogP) is 3.75. The van der Waals surface area contributed by atoms with Gasteiger partial charge in [0.25, 0.3) is 15.9 Å². The number of carbonyl (C=O) groups excluding carboxylic acids is 1. The third-order valence-electron chi connectivity index (χ3n) is 5.92. The lowest BCUT2D eigenvalue weighted by Gasteiger charge is -2.34. The van der Waals surface area contributed by atoms with Gasteiger partial charge < -0.3 is 10.6 Å². The Balaban J connectivity index is 1.80. The summed E-state index contributed by atoms with van der Waals surface area (Å²) in [7, 11) is -4.32. The molecule has 1 aliphatic rings. The van der Waals surface area contributed by atoms with Gasteiger partial charge in [0.15, 0.2) is 0 Å². The molecule has 184 valence electrons. The zero-order valence-electron chi connectivity index (χ0n) is 19.4. The number of hydrogen-bond donors (Lipinski definition) is 2. The van der Waals surface area contributed by atoms with Crippen LogP contribution in [0.25, 0.3) is 11.3 Å². The summed E-state index contributed by atoms with van der Waals surface area (Å²) in [6, 6.07) is 8.49. The molecule has 11 heteroatoms. The van der Waals surface area contributed by atoms with Gasteiger partial charge in [0.05, 0.1) is 11.3 Å². The molecule has 1 fully saturated rings. The minimum atomic E-state index is -4.32. The number of benzene rings is 1. The lowest BCUT2D eigenvalue weighted by molar-refractivity contribution is 0.0981. The average Bonchev–Trinajstić information content (AvgIpc) is 3.04. The largest absolute Gasteiger partial charge is 0.383 e. The number of pyridine rings is 2. The molecule has 1 saturated heterocycles. The van der Waals surface area contributed by atoms with Crippen molar-refractivity contribution in [3.8, 4) is 11.3 Å². The minimum Gasteiger partial charge on any atom is -0.383 e. The molecule has 0 bridgehead atoms. The van der Waals surface area contributed by atoms with E-state index in [9.17, 15) is 22.0 Å². The summed E-state index contributed by atoms with van der Waals surface area (Å²) >= 11 is 0. The summed E-state index contributed by atoms with van der Waals surface area (Å²) in [6.45, 7) is 6.59. The van der Waals surface area contributed by atoms with Crippen molar-refractivity contribution in [1.82, 2.24) is 14.7 Å². The Bertz CT molecular complexity index is 1390. The molecule has 1 aromatic carbocycles. The number of nitrogens with zero attached hydrogens (tertiary/aromatic N) is 3. The zero-order valence-corrected chi connectivity index (χ0v) is 20.2. The Morgan fingerprint density at radius 3 is 2.46 bits per heavy atom. The van der Waals surface area contributed by atoms with Crippen molar-refractivity contribution in [3.05, 3.63) is 65.9 Å². The van der Waals surface area contributed by atoms with Crippen LogP contribution in [0.5, 0.6) is 0 Å². The molecule has 0 aliphatic carbocycles. The number of nitrogens with one attached hydrogen (secondary N) is 1. The maximum atomic E-state index is 13.9. The van der Waals surface area contributed by atoms with E-state index in [0.717, 1.165) is 24.6 Å². The van der Waals surface area contributed by atoms with E-state index in [-0.39, 0.29) is 39.3 Å². The number of amides is 1. The van der Waals surface area contributed by atoms with Crippen LogP contribution < -0.4 is 15.4 Å². The second-order valence-corrected chi connectivity index (χ2v) is 10.9. The summed E-state index contributed by atoms with van der Waals surface area (Å²) in [5, 5.41) is 0. The standard InChI is InChI=1S/C24H25F2N5O3S/c1-14-12-24(2,3)31(13-14)22-18(6-7-19(29-22)15-9-16(25)11-17(26)10-15)23(32)30-35(33,34)20-5-4-8-28-21(20)27/h4-11,14H,12-13H2,1-3H3,(H2,27,28)(H,30,32)/t14-/m0/s1. The van der Waals surface area contributed by atoms with Gasteiger partial charge in [-0.05, 0) is 62.6 Å². The normalized spacial score (nSPS) is 17.4. The highest BCUT2D eigenvalue weighted by Gasteiger charge is 2.39. The van der Waals surface area contributed by atoms with Gasteiger partial charge in [-0.15, -0.1) is 0 Å². The number of nitrogens with two attached hydrogens (primary N) is 1. The first-order valence-corrected chi connectivity index (χ1v) is 12.4. The van der Waals surface area contributed by atoms with Crippen LogP contribution in [0.4, 0.5) is 20.4 Å². The van der Waals surface area contributed by atoms with Crippen LogP contribution in [-0.2, 0) is 10.0 Å². The highest BCUT2D eigenvalue weighted by atomic mass is 32.2. The molecule has 1 aliphatic heterocycles. The molecule has 1 amide bonds. The quantitative estimate of drug-likeness (QED) is 0.547. The van der Waals surface area contributed by atoms with Crippen molar-refractivity contribution in [3.63, 3.8) is 0 Å². The first-order chi connectivity index (χ1) is 16.4. The van der Waals surface area contributed by atoms with Crippen molar-refractivity contribution in [2.24, 2.45) is 5.92 Å². The molecule has 0 spiro atoms. The first kappa shape index (κ1) is 24.5. The van der Waals surface area contributed by atoms with Crippen molar-refractivity contribution in [1.29, 1.82) is 0 Å². The van der Waals surface area contributed by atoms with Crippen LogP contribution in [0.1, 0.15) is 37.6 Å². The molecule has 8 nitrogen and oxygen atoms in total. The number of nitrogen functional groups attached to an aromatic ring is 1. The van der Waals surface area contributed by atoms with Crippen molar-refractivity contribution >= 4 is 27.6 Å². The van der Waals surface area contributed by atoms with E-state index >= 15 is 0 Å². The summed E-state index contributed by atoms with van der Waals surface area (Å²) in [5.74, 6) is -2.20. The van der Waals surface area contributed by atoms with Crippen LogP contribution in [0, 0.1) is 17.6 Å². The minimum absolute atomic E-state index is 0.00108. The van der Waals surface area contributed by atoms with Crippen LogP contribution in [0.2, 0.25) is 0 Å². The van der Waals surface area contributed by atoms with E-state index in [1.165, 1.54) is 30.5 Å². The second kappa shape index (κ2) is 8.88. The third kappa shape index (κ3) is 4.95. The van der Waals surface area contributed by atoms with Crippen LogP contribution in [0.3, 0.4) is 0 Å². The highest BCUT2D eigenvalue weighted by molar-refractivity contribution is 7.90. The lowest BCUT2D eigenvalue weighted by atomic mass is 9.97. The van der Waals surface area contributed by atoms with Crippen molar-refractivity contribution in [2.45, 2.75) is 37.6 Å². The van der Waals surface area contributed by atoms with Gasteiger partial charge >= 0.3 is 0 Å². The van der Waals surface area contributed by atoms with Gasteiger partial charge in [-0.25, -0.2) is 31.9 Å². The molecular formula is C24H25F2N5O3S. The van der Waals surface area contributed by atoms with E-state index in [1.807, 2.05) is 23.5 Å². The number of hydrogen-bond acceptors (Lipinski definition) is 7. The fourth-order valence-electron chi connectivity index (χ4n) is 4.52. The molecule has 3 aromatic rings. The number of anilines is 2. The van der Waals surface area contributed by atoms with Crippen LogP contribution in [-0.4, -0.2) is 36.4 Å². The lowest BCUT2D eigenvalue weighted by Crippen LogP contribution is -2.41. The third-order valence-corrected chi connectivity index (χ3v) is 7.30. The molecule has 2 aromatic heterocycles. The molecule has 4 rings (SSSR count). The highest BCUT2D eigenvalue weighted by Crippen LogP contribution is 2.38. The molecule has 3 heterocycles. The van der Waals surface area contributed by atoms with Gasteiger partial charge in [-0.1, -0.05) is 6.92 Å². The topological polar surface area (TPSA) is 118 Å². The van der Waals surface area contributed by atoms with Crippen molar-refractivity contribution < 1.29 is 22.0 Å². The molecule has 0 radical (unpaired) electrons. The van der Waals surface area contributed by atoms with Crippen LogP contribution >= 0.6 is 0 Å². The van der Waals surface area contributed by atoms with Gasteiger partial charge in [0.2, 0.25) is 0 Å². The van der Waals surface area contributed by atoms with E-state index in [4.69, 9.17) is 5.73 Å². The summed E-state index contributed by atoms with van der Waals surface area (Å²) in [4.78, 5) is 23.2. The SMILES string of the molecule is C[C@@H]1CN(c2nc(-c3cc(F)cc(F)c3)ccc2C(=O)NS(=O)(=O)c2cccnc2N)C(C)(C)C1. The number of carbonyl (C=O) groups is 1. The number of aromatic nitrogens is 2. The van der Waals surface area contributed by atoms with E-state index < -0.39 is 33.1 Å². The van der Waals surface area contributed by atoms with Gasteiger partial charge in [-0.2, -0.15) is 0 Å². The molecule has 35 heavy (non-hydrogen) atoms. The van der Waals surface area contributed by atoms with E-state index in [0.29, 0.717) is 6.54 Å². The Hall–Kier alpha value is -3.60. The molecule has 1 atom stereocenters. The smallest absolute Gasteiger partial charge is 0.268 e. The Morgan fingerprint density at radius 1 is 1.17 bits per heavy atom. The average molecular weight is 502 g/mol. The van der Waals surface area contributed by atoms with Gasteiger partial charge in [-0.3, -0.25) is 4.79 Å². The Morgan fingerprint density at radius 2 is 1.86 bits per heavy atom. The van der Waals surface area contributed by atoms with Crippen molar-refractivity contribution in [2.75, 3.05) is 17.2 Å². The van der Waals surface area contributed by atoms with Gasteiger partial charge in [0, 0.05) is 29.9 Å². The summed E-state index contributed by atoms with van der Waals surface area (Å²) in [5.41, 5.74) is 5.71. The number of halogens is 2. The zero-order chi connectivity index (χ0) is 25.5. The van der Waals surface area contributed by atoms with E-state index in [1.54, 1.807) is 0 Å². The fourth-order valence-corrected chi connectivity index (χ4v) is 5.57. The Labute approximate surface area is 202 Å². The monoisotopic (exact) mass is 501 g/mol. The van der Waals surface area contributed by atoms with Gasteiger partial charge in [0.1, 0.15) is 28.2 Å². The fraction of sp³-hybridized carbons (Fsp3) is 0.292. The molecule has 0 saturated carbocycles. The molecular weight excluding hydrogens is 476 g/mol. The van der Waals surface area contributed by atoms with Crippen LogP contribution in [0.15, 0.2) is 53.6 Å². The maximum Gasteiger partial charge on any atom is 0.268 e. The number of rotatable bonds is 5.